The molecule has 0 bridgehead atoms. The number of hydrogen-bond donors (Lipinski definition) is 2. The normalized spacial score (nSPS) is 20.3. The van der Waals surface area contributed by atoms with Crippen LogP contribution in [0.5, 0.6) is 0 Å². The monoisotopic (exact) mass is 444 g/mol. The number of piperazine rings is 1. The highest BCUT2D eigenvalue weighted by atomic mass is 19.4. The SMILES string of the molecule is Cn1cnc(-c2noc(CC3C(=O)NCCN3C3CCCC3)n2)c1.O=C(O)C(F)(F)F. The first kappa shape index (κ1) is 22.7. The molecule has 170 valence electrons. The van der Waals surface area contributed by atoms with Crippen LogP contribution in [0.4, 0.5) is 13.2 Å². The van der Waals surface area contributed by atoms with E-state index in [9.17, 15) is 18.0 Å². The summed E-state index contributed by atoms with van der Waals surface area (Å²) < 4.78 is 38.9. The summed E-state index contributed by atoms with van der Waals surface area (Å²) in [6.07, 6.45) is 3.75. The Balaban J connectivity index is 0.000000339. The molecule has 2 aliphatic rings. The number of imidazole rings is 1. The summed E-state index contributed by atoms with van der Waals surface area (Å²) in [5.41, 5.74) is 0.674. The Morgan fingerprint density at radius 3 is 2.61 bits per heavy atom. The number of carboxylic acids is 1. The van der Waals surface area contributed by atoms with Crippen LogP contribution < -0.4 is 5.32 Å². The molecule has 1 saturated heterocycles. The van der Waals surface area contributed by atoms with Crippen molar-refractivity contribution in [3.8, 4) is 11.5 Å². The van der Waals surface area contributed by atoms with Gasteiger partial charge in [0.2, 0.25) is 17.6 Å². The summed E-state index contributed by atoms with van der Waals surface area (Å²) in [6, 6.07) is 0.276. The van der Waals surface area contributed by atoms with Gasteiger partial charge in [0.1, 0.15) is 5.69 Å². The van der Waals surface area contributed by atoms with Crippen molar-refractivity contribution in [3.63, 3.8) is 0 Å². The van der Waals surface area contributed by atoms with Crippen LogP contribution in [0.2, 0.25) is 0 Å². The minimum absolute atomic E-state index is 0.0609. The molecule has 1 aliphatic heterocycles. The van der Waals surface area contributed by atoms with E-state index in [2.05, 4.69) is 25.3 Å². The highest BCUT2D eigenvalue weighted by Crippen LogP contribution is 2.27. The third-order valence-electron chi connectivity index (χ3n) is 5.18. The number of alkyl halides is 3. The molecule has 1 amide bonds. The van der Waals surface area contributed by atoms with Gasteiger partial charge in [-0.25, -0.2) is 9.78 Å². The first-order valence-electron chi connectivity index (χ1n) is 9.79. The molecule has 1 aliphatic carbocycles. The van der Waals surface area contributed by atoms with E-state index in [-0.39, 0.29) is 11.9 Å². The number of aryl methyl sites for hydroxylation is 1. The van der Waals surface area contributed by atoms with Gasteiger partial charge in [-0.1, -0.05) is 18.0 Å². The van der Waals surface area contributed by atoms with E-state index in [0.29, 0.717) is 29.9 Å². The molecule has 1 unspecified atom stereocenters. The number of aliphatic carboxylic acids is 1. The van der Waals surface area contributed by atoms with Crippen LogP contribution in [0.1, 0.15) is 31.6 Å². The lowest BCUT2D eigenvalue weighted by molar-refractivity contribution is -0.192. The number of rotatable bonds is 4. The zero-order valence-electron chi connectivity index (χ0n) is 16.8. The zero-order valence-corrected chi connectivity index (χ0v) is 16.8. The summed E-state index contributed by atoms with van der Waals surface area (Å²) >= 11 is 0. The molecule has 13 heteroatoms. The van der Waals surface area contributed by atoms with Crippen LogP contribution in [-0.2, 0) is 23.1 Å². The second-order valence-corrected chi connectivity index (χ2v) is 7.43. The third kappa shape index (κ3) is 5.81. The number of carbonyl (C=O) groups is 2. The Morgan fingerprint density at radius 2 is 2.03 bits per heavy atom. The Bertz CT molecular complexity index is 906. The summed E-state index contributed by atoms with van der Waals surface area (Å²) in [6.45, 7) is 1.61. The molecule has 10 nitrogen and oxygen atoms in total. The fourth-order valence-corrected chi connectivity index (χ4v) is 3.75. The van der Waals surface area contributed by atoms with Gasteiger partial charge in [-0.15, -0.1) is 0 Å². The Hall–Kier alpha value is -2.96. The van der Waals surface area contributed by atoms with E-state index >= 15 is 0 Å². The van der Waals surface area contributed by atoms with Gasteiger partial charge in [0.25, 0.3) is 0 Å². The lowest BCUT2D eigenvalue weighted by Gasteiger charge is -2.38. The molecule has 2 aromatic heterocycles. The maximum atomic E-state index is 12.4. The van der Waals surface area contributed by atoms with E-state index in [1.54, 1.807) is 6.33 Å². The predicted molar refractivity (Wildman–Crippen MR) is 99.7 cm³/mol. The van der Waals surface area contributed by atoms with Gasteiger partial charge in [0.05, 0.1) is 18.8 Å². The molecule has 2 fully saturated rings. The topological polar surface area (TPSA) is 126 Å². The number of hydrogen-bond acceptors (Lipinski definition) is 7. The van der Waals surface area contributed by atoms with Crippen LogP contribution in [-0.4, -0.2) is 72.9 Å². The largest absolute Gasteiger partial charge is 0.490 e. The standard InChI is InChI=1S/C16H22N6O2.C2HF3O2/c1-21-9-12(18-10-21)15-19-14(24-20-15)8-13-16(23)17-6-7-22(13)11-4-2-3-5-11;3-2(4,5)1(6)7/h9-11,13H,2-8H2,1H3,(H,17,23);(H,6,7). The Morgan fingerprint density at radius 1 is 1.35 bits per heavy atom. The number of nitrogens with one attached hydrogen (secondary N) is 1. The molecule has 0 spiro atoms. The molecule has 1 atom stereocenters. The minimum atomic E-state index is -5.08. The lowest BCUT2D eigenvalue weighted by atomic mass is 10.0. The Labute approximate surface area is 175 Å². The fraction of sp³-hybridized carbons (Fsp3) is 0.611. The van der Waals surface area contributed by atoms with Crippen molar-refractivity contribution in [1.82, 2.24) is 29.9 Å². The quantitative estimate of drug-likeness (QED) is 0.725. The number of halogens is 3. The van der Waals surface area contributed by atoms with Crippen LogP contribution in [0.3, 0.4) is 0 Å². The molecule has 2 N–H and O–H groups in total. The van der Waals surface area contributed by atoms with Crippen molar-refractivity contribution in [1.29, 1.82) is 0 Å². The smallest absolute Gasteiger partial charge is 0.475 e. The number of carbonyl (C=O) groups excluding carboxylic acids is 1. The third-order valence-corrected chi connectivity index (χ3v) is 5.18. The molecule has 31 heavy (non-hydrogen) atoms. The second-order valence-electron chi connectivity index (χ2n) is 7.43. The van der Waals surface area contributed by atoms with Gasteiger partial charge in [0.15, 0.2) is 0 Å². The lowest BCUT2D eigenvalue weighted by Crippen LogP contribution is -2.58. The molecular formula is C18H23F3N6O4. The van der Waals surface area contributed by atoms with Crippen LogP contribution in [0.15, 0.2) is 17.0 Å². The van der Waals surface area contributed by atoms with Crippen molar-refractivity contribution in [2.24, 2.45) is 7.05 Å². The van der Waals surface area contributed by atoms with Crippen molar-refractivity contribution in [2.45, 2.75) is 50.4 Å². The number of nitrogens with zero attached hydrogens (tertiary/aromatic N) is 5. The van der Waals surface area contributed by atoms with Crippen molar-refractivity contribution >= 4 is 11.9 Å². The Kier molecular flexibility index (Phi) is 6.93. The van der Waals surface area contributed by atoms with Gasteiger partial charge >= 0.3 is 12.1 Å². The van der Waals surface area contributed by atoms with Gasteiger partial charge in [0, 0.05) is 32.4 Å². The van der Waals surface area contributed by atoms with Crippen LogP contribution >= 0.6 is 0 Å². The highest BCUT2D eigenvalue weighted by Gasteiger charge is 2.38. The summed E-state index contributed by atoms with van der Waals surface area (Å²) in [5.74, 6) is -1.74. The van der Waals surface area contributed by atoms with Crippen molar-refractivity contribution < 1.29 is 32.4 Å². The van der Waals surface area contributed by atoms with E-state index in [1.807, 2.05) is 17.8 Å². The first-order valence-corrected chi connectivity index (χ1v) is 9.79. The summed E-state index contributed by atoms with van der Waals surface area (Å²) in [7, 11) is 1.89. The van der Waals surface area contributed by atoms with Gasteiger partial charge in [-0.2, -0.15) is 18.2 Å². The zero-order chi connectivity index (χ0) is 22.6. The van der Waals surface area contributed by atoms with Crippen LogP contribution in [0.25, 0.3) is 11.5 Å². The van der Waals surface area contributed by atoms with E-state index in [0.717, 1.165) is 13.1 Å². The predicted octanol–water partition coefficient (Wildman–Crippen LogP) is 1.39. The molecule has 1 saturated carbocycles. The molecule has 2 aromatic rings. The van der Waals surface area contributed by atoms with E-state index in [1.165, 1.54) is 25.7 Å². The maximum Gasteiger partial charge on any atom is 0.490 e. The highest BCUT2D eigenvalue weighted by molar-refractivity contribution is 5.82. The molecular weight excluding hydrogens is 421 g/mol. The number of carboxylic acid groups (broad SMARTS) is 1. The van der Waals surface area contributed by atoms with Crippen molar-refractivity contribution in [3.05, 3.63) is 18.4 Å². The van der Waals surface area contributed by atoms with Gasteiger partial charge in [-0.05, 0) is 12.8 Å². The summed E-state index contributed by atoms with van der Waals surface area (Å²) in [4.78, 5) is 32.3. The maximum absolute atomic E-state index is 12.4. The molecule has 4 rings (SSSR count). The molecule has 3 heterocycles. The second kappa shape index (κ2) is 9.45. The van der Waals surface area contributed by atoms with E-state index in [4.69, 9.17) is 14.4 Å². The fourth-order valence-electron chi connectivity index (χ4n) is 3.75. The van der Waals surface area contributed by atoms with E-state index < -0.39 is 12.1 Å². The average Bonchev–Trinajstić information content (AvgIpc) is 3.45. The first-order chi connectivity index (χ1) is 14.6. The number of amides is 1. The molecule has 0 radical (unpaired) electrons. The van der Waals surface area contributed by atoms with Crippen molar-refractivity contribution in [2.75, 3.05) is 13.1 Å². The summed E-state index contributed by atoms with van der Waals surface area (Å²) in [5, 5.41) is 14.1. The van der Waals surface area contributed by atoms with Gasteiger partial charge in [-0.3, -0.25) is 9.69 Å². The average molecular weight is 444 g/mol. The van der Waals surface area contributed by atoms with Gasteiger partial charge < -0.3 is 19.5 Å². The minimum Gasteiger partial charge on any atom is -0.475 e. The van der Waals surface area contributed by atoms with Crippen LogP contribution in [0, 0.1) is 0 Å². The number of aromatic nitrogens is 4. The molecule has 0 aromatic carbocycles.